The van der Waals surface area contributed by atoms with E-state index in [1.54, 1.807) is 31.2 Å². The summed E-state index contributed by atoms with van der Waals surface area (Å²) in [7, 11) is 0. The van der Waals surface area contributed by atoms with Crippen LogP contribution in [0.1, 0.15) is 24.2 Å². The molecule has 2 atom stereocenters. The van der Waals surface area contributed by atoms with Crippen LogP contribution in [0.25, 0.3) is 0 Å². The maximum absolute atomic E-state index is 11.8. The lowest BCUT2D eigenvalue weighted by Gasteiger charge is -2.13. The topological polar surface area (TPSA) is 77.2 Å². The maximum Gasteiger partial charge on any atom is 0.340 e. The molecule has 1 N–H and O–H groups in total. The SMILES string of the molecule is CC(=O)NC(C)OC(=O)c1ccc(OCC2CO2)cc1. The van der Waals surface area contributed by atoms with Crippen molar-refractivity contribution in [1.82, 2.24) is 5.32 Å². The summed E-state index contributed by atoms with van der Waals surface area (Å²) in [6.45, 7) is 4.21. The Bertz CT molecular complexity index is 481. The number of esters is 1. The number of rotatable bonds is 6. The van der Waals surface area contributed by atoms with Crippen molar-refractivity contribution in [2.24, 2.45) is 0 Å². The van der Waals surface area contributed by atoms with E-state index in [1.807, 2.05) is 0 Å². The number of nitrogens with one attached hydrogen (secondary N) is 1. The largest absolute Gasteiger partial charge is 0.491 e. The van der Waals surface area contributed by atoms with Gasteiger partial charge in [-0.2, -0.15) is 0 Å². The molecule has 2 unspecified atom stereocenters. The van der Waals surface area contributed by atoms with Crippen molar-refractivity contribution < 1.29 is 23.8 Å². The number of hydrogen-bond acceptors (Lipinski definition) is 5. The molecule has 0 saturated carbocycles. The first kappa shape index (κ1) is 14.3. The molecule has 6 nitrogen and oxygen atoms in total. The molecular weight excluding hydrogens is 262 g/mol. The molecule has 1 amide bonds. The second kappa shape index (κ2) is 6.38. The van der Waals surface area contributed by atoms with Crippen LogP contribution in [0.15, 0.2) is 24.3 Å². The summed E-state index contributed by atoms with van der Waals surface area (Å²) in [4.78, 5) is 22.6. The van der Waals surface area contributed by atoms with Gasteiger partial charge in [-0.3, -0.25) is 4.79 Å². The van der Waals surface area contributed by atoms with Crippen LogP contribution in [0.4, 0.5) is 0 Å². The summed E-state index contributed by atoms with van der Waals surface area (Å²) in [6.07, 6.45) is -0.471. The molecule has 6 heteroatoms. The minimum absolute atomic E-state index is 0.193. The van der Waals surface area contributed by atoms with E-state index in [1.165, 1.54) is 6.92 Å². The van der Waals surface area contributed by atoms with Gasteiger partial charge < -0.3 is 19.5 Å². The highest BCUT2D eigenvalue weighted by Gasteiger charge is 2.23. The molecule has 0 aliphatic carbocycles. The van der Waals surface area contributed by atoms with Crippen molar-refractivity contribution >= 4 is 11.9 Å². The highest BCUT2D eigenvalue weighted by Crippen LogP contribution is 2.16. The molecule has 1 saturated heterocycles. The van der Waals surface area contributed by atoms with Crippen molar-refractivity contribution in [1.29, 1.82) is 0 Å². The molecule has 1 fully saturated rings. The zero-order valence-electron chi connectivity index (χ0n) is 11.4. The van der Waals surface area contributed by atoms with Crippen LogP contribution in [-0.4, -0.2) is 37.4 Å². The number of amides is 1. The fourth-order valence-electron chi connectivity index (χ4n) is 1.58. The van der Waals surface area contributed by atoms with Gasteiger partial charge in [-0.15, -0.1) is 0 Å². The van der Waals surface area contributed by atoms with Gasteiger partial charge in [0, 0.05) is 6.92 Å². The van der Waals surface area contributed by atoms with E-state index >= 15 is 0 Å². The normalized spacial score (nSPS) is 18.0. The minimum Gasteiger partial charge on any atom is -0.491 e. The number of epoxide rings is 1. The molecule has 0 radical (unpaired) electrons. The Morgan fingerprint density at radius 1 is 1.40 bits per heavy atom. The van der Waals surface area contributed by atoms with Gasteiger partial charge in [0.2, 0.25) is 5.91 Å². The van der Waals surface area contributed by atoms with Gasteiger partial charge in [0.1, 0.15) is 18.5 Å². The van der Waals surface area contributed by atoms with Gasteiger partial charge in [-0.05, 0) is 31.2 Å². The molecule has 2 rings (SSSR count). The monoisotopic (exact) mass is 279 g/mol. The van der Waals surface area contributed by atoms with Crippen LogP contribution in [0.5, 0.6) is 5.75 Å². The van der Waals surface area contributed by atoms with Crippen molar-refractivity contribution in [2.75, 3.05) is 13.2 Å². The van der Waals surface area contributed by atoms with Crippen molar-refractivity contribution in [3.8, 4) is 5.75 Å². The maximum atomic E-state index is 11.8. The molecule has 1 aromatic rings. The number of benzene rings is 1. The van der Waals surface area contributed by atoms with Crippen LogP contribution in [0.3, 0.4) is 0 Å². The Balaban J connectivity index is 1.84. The van der Waals surface area contributed by atoms with Crippen LogP contribution in [0.2, 0.25) is 0 Å². The molecule has 20 heavy (non-hydrogen) atoms. The third-order valence-corrected chi connectivity index (χ3v) is 2.62. The standard InChI is InChI=1S/C14H17NO5/c1-9(16)15-10(2)20-14(17)11-3-5-12(6-4-11)18-7-13-8-19-13/h3-6,10,13H,7-8H2,1-2H3,(H,15,16). The van der Waals surface area contributed by atoms with E-state index in [2.05, 4.69) is 5.32 Å². The van der Waals surface area contributed by atoms with E-state index in [0.29, 0.717) is 17.9 Å². The van der Waals surface area contributed by atoms with Crippen molar-refractivity contribution in [3.05, 3.63) is 29.8 Å². The fraction of sp³-hybridized carbons (Fsp3) is 0.429. The molecular formula is C14H17NO5. The van der Waals surface area contributed by atoms with Crippen LogP contribution >= 0.6 is 0 Å². The Hall–Kier alpha value is -2.08. The predicted octanol–water partition coefficient (Wildman–Crippen LogP) is 1.10. The van der Waals surface area contributed by atoms with E-state index < -0.39 is 12.2 Å². The lowest BCUT2D eigenvalue weighted by molar-refractivity contribution is -0.121. The van der Waals surface area contributed by atoms with Gasteiger partial charge in [0.15, 0.2) is 6.23 Å². The molecule has 1 heterocycles. The molecule has 108 valence electrons. The molecule has 1 aliphatic heterocycles. The molecule has 1 aromatic carbocycles. The lowest BCUT2D eigenvalue weighted by Crippen LogP contribution is -2.34. The quantitative estimate of drug-likeness (QED) is 0.479. The van der Waals surface area contributed by atoms with E-state index in [-0.39, 0.29) is 12.0 Å². The summed E-state index contributed by atoms with van der Waals surface area (Å²) >= 11 is 0. The first-order valence-electron chi connectivity index (χ1n) is 6.37. The van der Waals surface area contributed by atoms with Crippen molar-refractivity contribution in [3.63, 3.8) is 0 Å². The molecule has 1 aliphatic rings. The predicted molar refractivity (Wildman–Crippen MR) is 70.4 cm³/mol. The first-order chi connectivity index (χ1) is 9.54. The molecule has 0 bridgehead atoms. The second-order valence-corrected chi connectivity index (χ2v) is 4.54. The summed E-state index contributed by atoms with van der Waals surface area (Å²) in [5.41, 5.74) is 0.400. The number of carbonyl (C=O) groups is 2. The third-order valence-electron chi connectivity index (χ3n) is 2.62. The van der Waals surface area contributed by atoms with Crippen LogP contribution in [-0.2, 0) is 14.3 Å². The third kappa shape index (κ3) is 4.55. The zero-order valence-corrected chi connectivity index (χ0v) is 11.4. The Morgan fingerprint density at radius 2 is 2.05 bits per heavy atom. The van der Waals surface area contributed by atoms with Gasteiger partial charge in [0.05, 0.1) is 12.2 Å². The van der Waals surface area contributed by atoms with Crippen molar-refractivity contribution in [2.45, 2.75) is 26.2 Å². The Kier molecular flexibility index (Phi) is 4.57. The summed E-state index contributed by atoms with van der Waals surface area (Å²) in [5.74, 6) is -0.0772. The number of ether oxygens (including phenoxy) is 3. The summed E-state index contributed by atoms with van der Waals surface area (Å²) < 4.78 is 15.6. The van der Waals surface area contributed by atoms with E-state index in [0.717, 1.165) is 6.61 Å². The summed E-state index contributed by atoms with van der Waals surface area (Å²) in [6, 6.07) is 6.63. The van der Waals surface area contributed by atoms with Gasteiger partial charge in [-0.25, -0.2) is 4.79 Å². The average Bonchev–Trinajstić information content (AvgIpc) is 3.19. The highest BCUT2D eigenvalue weighted by molar-refractivity contribution is 5.89. The van der Waals surface area contributed by atoms with Gasteiger partial charge in [0.25, 0.3) is 0 Å². The zero-order chi connectivity index (χ0) is 14.5. The lowest BCUT2D eigenvalue weighted by atomic mass is 10.2. The number of carbonyl (C=O) groups excluding carboxylic acids is 2. The van der Waals surface area contributed by atoms with Gasteiger partial charge in [-0.1, -0.05) is 0 Å². The van der Waals surface area contributed by atoms with Gasteiger partial charge >= 0.3 is 5.97 Å². The Labute approximate surface area is 117 Å². The first-order valence-corrected chi connectivity index (χ1v) is 6.37. The van der Waals surface area contributed by atoms with Crippen LogP contribution < -0.4 is 10.1 Å². The second-order valence-electron chi connectivity index (χ2n) is 4.54. The average molecular weight is 279 g/mol. The highest BCUT2D eigenvalue weighted by atomic mass is 16.6. The summed E-state index contributed by atoms with van der Waals surface area (Å²) in [5, 5.41) is 2.47. The fourth-order valence-corrected chi connectivity index (χ4v) is 1.58. The smallest absolute Gasteiger partial charge is 0.340 e. The van der Waals surface area contributed by atoms with E-state index in [9.17, 15) is 9.59 Å². The van der Waals surface area contributed by atoms with E-state index in [4.69, 9.17) is 14.2 Å². The molecule has 0 aromatic heterocycles. The minimum atomic E-state index is -0.664. The number of hydrogen-bond donors (Lipinski definition) is 1. The Morgan fingerprint density at radius 3 is 2.60 bits per heavy atom. The van der Waals surface area contributed by atoms with Crippen LogP contribution in [0, 0.1) is 0 Å². The molecule has 0 spiro atoms.